The first-order valence-corrected chi connectivity index (χ1v) is 5.03. The zero-order valence-corrected chi connectivity index (χ0v) is 9.42. The van der Waals surface area contributed by atoms with Crippen LogP contribution in [0, 0.1) is 17.3 Å². The van der Waals surface area contributed by atoms with Crippen LogP contribution in [0.2, 0.25) is 0 Å². The summed E-state index contributed by atoms with van der Waals surface area (Å²) in [6.45, 7) is 10.4. The van der Waals surface area contributed by atoms with E-state index >= 15 is 0 Å². The van der Waals surface area contributed by atoms with E-state index < -0.39 is 5.97 Å². The third-order valence-corrected chi connectivity index (χ3v) is 2.89. The van der Waals surface area contributed by atoms with Crippen LogP contribution in [0.1, 0.15) is 47.5 Å². The monoisotopic (exact) mass is 186 g/mol. The van der Waals surface area contributed by atoms with Crippen LogP contribution >= 0.6 is 0 Å². The Morgan fingerprint density at radius 2 is 1.85 bits per heavy atom. The Labute approximate surface area is 81.3 Å². The van der Waals surface area contributed by atoms with Crippen LogP contribution in [-0.2, 0) is 4.79 Å². The SMILES string of the molecule is CCCC(C(=O)O)C(C)C(C)(C)C. The third kappa shape index (κ3) is 3.79. The minimum Gasteiger partial charge on any atom is -0.481 e. The van der Waals surface area contributed by atoms with Crippen LogP contribution < -0.4 is 0 Å². The molecule has 0 aromatic rings. The molecule has 2 heteroatoms. The molecule has 13 heavy (non-hydrogen) atoms. The number of carboxylic acids is 1. The molecule has 0 fully saturated rings. The van der Waals surface area contributed by atoms with E-state index in [9.17, 15) is 4.79 Å². The highest BCUT2D eigenvalue weighted by Gasteiger charge is 2.32. The summed E-state index contributed by atoms with van der Waals surface area (Å²) in [7, 11) is 0. The van der Waals surface area contributed by atoms with Crippen LogP contribution in [0.4, 0.5) is 0 Å². The molecule has 2 nitrogen and oxygen atoms in total. The topological polar surface area (TPSA) is 37.3 Å². The zero-order valence-electron chi connectivity index (χ0n) is 9.42. The maximum Gasteiger partial charge on any atom is 0.306 e. The van der Waals surface area contributed by atoms with E-state index in [4.69, 9.17) is 5.11 Å². The lowest BCUT2D eigenvalue weighted by Crippen LogP contribution is -2.30. The first kappa shape index (κ1) is 12.5. The van der Waals surface area contributed by atoms with Gasteiger partial charge < -0.3 is 5.11 Å². The summed E-state index contributed by atoms with van der Waals surface area (Å²) in [6.07, 6.45) is 1.73. The molecule has 0 radical (unpaired) electrons. The van der Waals surface area contributed by atoms with Crippen molar-refractivity contribution in [2.45, 2.75) is 47.5 Å². The molecule has 0 heterocycles. The summed E-state index contributed by atoms with van der Waals surface area (Å²) in [4.78, 5) is 11.0. The second-order valence-electron chi connectivity index (χ2n) is 4.89. The molecule has 0 bridgehead atoms. The first-order chi connectivity index (χ1) is 5.80. The molecule has 0 amide bonds. The van der Waals surface area contributed by atoms with Crippen molar-refractivity contribution in [2.24, 2.45) is 17.3 Å². The molecule has 0 aromatic carbocycles. The predicted molar refractivity (Wildman–Crippen MR) is 54.7 cm³/mol. The number of carbonyl (C=O) groups is 1. The van der Waals surface area contributed by atoms with Gasteiger partial charge in [0.2, 0.25) is 0 Å². The molecule has 1 N–H and O–H groups in total. The van der Waals surface area contributed by atoms with Gasteiger partial charge in [-0.25, -0.2) is 0 Å². The smallest absolute Gasteiger partial charge is 0.306 e. The Bertz CT molecular complexity index is 167. The lowest BCUT2D eigenvalue weighted by Gasteiger charge is -2.32. The van der Waals surface area contributed by atoms with E-state index in [2.05, 4.69) is 20.8 Å². The van der Waals surface area contributed by atoms with E-state index in [1.807, 2.05) is 13.8 Å². The molecule has 0 aromatic heterocycles. The van der Waals surface area contributed by atoms with Crippen LogP contribution in [0.25, 0.3) is 0 Å². The van der Waals surface area contributed by atoms with Gasteiger partial charge in [0.1, 0.15) is 0 Å². The molecule has 0 aliphatic carbocycles. The second kappa shape index (κ2) is 4.64. The van der Waals surface area contributed by atoms with Crippen molar-refractivity contribution in [3.8, 4) is 0 Å². The summed E-state index contributed by atoms with van der Waals surface area (Å²) in [5.74, 6) is -0.612. The summed E-state index contributed by atoms with van der Waals surface area (Å²) in [5.41, 5.74) is 0.0816. The van der Waals surface area contributed by atoms with Crippen molar-refractivity contribution >= 4 is 5.97 Å². The van der Waals surface area contributed by atoms with Crippen LogP contribution in [-0.4, -0.2) is 11.1 Å². The quantitative estimate of drug-likeness (QED) is 0.732. The number of aliphatic carboxylic acids is 1. The minimum absolute atomic E-state index is 0.0816. The molecule has 0 rings (SSSR count). The average Bonchev–Trinajstić information content (AvgIpc) is 1.96. The molecule has 0 aliphatic rings. The fraction of sp³-hybridized carbons (Fsp3) is 0.909. The number of carboxylic acid groups (broad SMARTS) is 1. The summed E-state index contributed by atoms with van der Waals surface area (Å²) >= 11 is 0. The minimum atomic E-state index is -0.649. The maximum atomic E-state index is 11.0. The van der Waals surface area contributed by atoms with Crippen molar-refractivity contribution in [1.82, 2.24) is 0 Å². The van der Waals surface area contributed by atoms with Crippen molar-refractivity contribution < 1.29 is 9.90 Å². The fourth-order valence-corrected chi connectivity index (χ4v) is 1.50. The van der Waals surface area contributed by atoms with Gasteiger partial charge in [0, 0.05) is 0 Å². The van der Waals surface area contributed by atoms with Crippen molar-refractivity contribution in [2.75, 3.05) is 0 Å². The molecular weight excluding hydrogens is 164 g/mol. The molecule has 0 saturated carbocycles. The first-order valence-electron chi connectivity index (χ1n) is 5.03. The van der Waals surface area contributed by atoms with Crippen molar-refractivity contribution in [1.29, 1.82) is 0 Å². The van der Waals surface area contributed by atoms with E-state index in [0.29, 0.717) is 0 Å². The van der Waals surface area contributed by atoms with Gasteiger partial charge in [0.05, 0.1) is 5.92 Å². The number of hydrogen-bond donors (Lipinski definition) is 1. The van der Waals surface area contributed by atoms with Crippen LogP contribution in [0.5, 0.6) is 0 Å². The Morgan fingerprint density at radius 3 is 2.08 bits per heavy atom. The van der Waals surface area contributed by atoms with Gasteiger partial charge in [0.15, 0.2) is 0 Å². The summed E-state index contributed by atoms with van der Waals surface area (Å²) in [5, 5.41) is 9.04. The highest BCUT2D eigenvalue weighted by atomic mass is 16.4. The van der Waals surface area contributed by atoms with Gasteiger partial charge in [-0.1, -0.05) is 41.0 Å². The van der Waals surface area contributed by atoms with Gasteiger partial charge in [-0.15, -0.1) is 0 Å². The van der Waals surface area contributed by atoms with Crippen LogP contribution in [0.3, 0.4) is 0 Å². The highest BCUT2D eigenvalue weighted by Crippen LogP contribution is 2.34. The molecule has 0 spiro atoms. The Hall–Kier alpha value is -0.530. The Kier molecular flexibility index (Phi) is 4.45. The average molecular weight is 186 g/mol. The molecule has 0 saturated heterocycles. The highest BCUT2D eigenvalue weighted by molar-refractivity contribution is 5.70. The maximum absolute atomic E-state index is 11.0. The molecular formula is C11H22O2. The van der Waals surface area contributed by atoms with E-state index in [1.165, 1.54) is 0 Å². The molecule has 78 valence electrons. The number of hydrogen-bond acceptors (Lipinski definition) is 1. The normalized spacial score (nSPS) is 16.7. The van der Waals surface area contributed by atoms with Crippen molar-refractivity contribution in [3.63, 3.8) is 0 Å². The molecule has 2 unspecified atom stereocenters. The van der Waals surface area contributed by atoms with E-state index in [-0.39, 0.29) is 17.3 Å². The van der Waals surface area contributed by atoms with E-state index in [1.54, 1.807) is 0 Å². The summed E-state index contributed by atoms with van der Waals surface area (Å²) < 4.78 is 0. The van der Waals surface area contributed by atoms with Crippen molar-refractivity contribution in [3.05, 3.63) is 0 Å². The van der Waals surface area contributed by atoms with Gasteiger partial charge in [-0.05, 0) is 17.8 Å². The largest absolute Gasteiger partial charge is 0.481 e. The lowest BCUT2D eigenvalue weighted by molar-refractivity contribution is -0.145. The van der Waals surface area contributed by atoms with Gasteiger partial charge in [0.25, 0.3) is 0 Å². The Balaban J connectivity index is 4.46. The fourth-order valence-electron chi connectivity index (χ4n) is 1.50. The lowest BCUT2D eigenvalue weighted by atomic mass is 9.73. The van der Waals surface area contributed by atoms with Gasteiger partial charge in [-0.3, -0.25) is 4.79 Å². The standard InChI is InChI=1S/C11H22O2/c1-6-7-9(10(12)13)8(2)11(3,4)5/h8-9H,6-7H2,1-5H3,(H,12,13). The van der Waals surface area contributed by atoms with Gasteiger partial charge in [-0.2, -0.15) is 0 Å². The number of rotatable bonds is 4. The third-order valence-electron chi connectivity index (χ3n) is 2.89. The second-order valence-corrected chi connectivity index (χ2v) is 4.89. The molecule has 2 atom stereocenters. The predicted octanol–water partition coefficient (Wildman–Crippen LogP) is 3.17. The van der Waals surface area contributed by atoms with Gasteiger partial charge >= 0.3 is 5.97 Å². The van der Waals surface area contributed by atoms with E-state index in [0.717, 1.165) is 12.8 Å². The Morgan fingerprint density at radius 1 is 1.38 bits per heavy atom. The van der Waals surface area contributed by atoms with Crippen LogP contribution in [0.15, 0.2) is 0 Å². The summed E-state index contributed by atoms with van der Waals surface area (Å²) in [6, 6.07) is 0. The molecule has 0 aliphatic heterocycles. The zero-order chi connectivity index (χ0) is 10.6.